The highest BCUT2D eigenvalue weighted by Gasteiger charge is 2.56. The van der Waals surface area contributed by atoms with Crippen molar-refractivity contribution in [3.8, 4) is 0 Å². The molecule has 0 heterocycles. The van der Waals surface area contributed by atoms with Gasteiger partial charge in [0, 0.05) is 10.8 Å². The fourth-order valence-corrected chi connectivity index (χ4v) is 5.84. The number of rotatable bonds is 7. The highest BCUT2D eigenvalue weighted by molar-refractivity contribution is 5.40. The average molecular weight is 437 g/mol. The van der Waals surface area contributed by atoms with E-state index in [1.807, 2.05) is 51.1 Å². The van der Waals surface area contributed by atoms with E-state index in [2.05, 4.69) is 44.7 Å². The fraction of sp³-hybridized carbons (Fsp3) is 0.517. The summed E-state index contributed by atoms with van der Waals surface area (Å²) in [6, 6.07) is 10.2. The molecule has 2 aliphatic rings. The normalized spacial score (nSPS) is 31.5. The molecule has 0 aromatic heterocycles. The maximum atomic E-state index is 12.0. The Morgan fingerprint density at radius 3 is 2.53 bits per heavy atom. The second-order valence-corrected chi connectivity index (χ2v) is 10.2. The third-order valence-corrected chi connectivity index (χ3v) is 7.94. The van der Waals surface area contributed by atoms with E-state index < -0.39 is 22.5 Å². The van der Waals surface area contributed by atoms with Crippen LogP contribution in [0.2, 0.25) is 0 Å². The van der Waals surface area contributed by atoms with Crippen LogP contribution in [0.15, 0.2) is 77.9 Å². The van der Waals surface area contributed by atoms with Gasteiger partial charge in [-0.2, -0.15) is 0 Å². The maximum absolute atomic E-state index is 12.0. The number of benzene rings is 1. The molecule has 0 spiro atoms. The van der Waals surface area contributed by atoms with Crippen molar-refractivity contribution in [2.24, 2.45) is 10.8 Å². The van der Waals surface area contributed by atoms with E-state index in [4.69, 9.17) is 4.74 Å². The molecule has 0 saturated carbocycles. The maximum Gasteiger partial charge on any atom is 0.105 e. The summed E-state index contributed by atoms with van der Waals surface area (Å²) in [7, 11) is 0. The predicted octanol–water partition coefficient (Wildman–Crippen LogP) is 6.29. The van der Waals surface area contributed by atoms with Gasteiger partial charge in [0.25, 0.3) is 0 Å². The van der Waals surface area contributed by atoms with Gasteiger partial charge in [0.05, 0.1) is 12.7 Å². The van der Waals surface area contributed by atoms with Gasteiger partial charge in [-0.1, -0.05) is 80.6 Å². The fourth-order valence-electron chi connectivity index (χ4n) is 5.84. The number of aliphatic hydroxyl groups excluding tert-OH is 1. The van der Waals surface area contributed by atoms with Gasteiger partial charge in [-0.3, -0.25) is 0 Å². The molecule has 3 heteroatoms. The monoisotopic (exact) mass is 436 g/mol. The van der Waals surface area contributed by atoms with Gasteiger partial charge >= 0.3 is 0 Å². The van der Waals surface area contributed by atoms with Gasteiger partial charge in [-0.05, 0) is 63.2 Å². The third-order valence-electron chi connectivity index (χ3n) is 7.94. The van der Waals surface area contributed by atoms with E-state index in [1.54, 1.807) is 0 Å². The molecule has 0 fully saturated rings. The lowest BCUT2D eigenvalue weighted by molar-refractivity contribution is -0.139. The molecule has 4 atom stereocenters. The third kappa shape index (κ3) is 4.19. The van der Waals surface area contributed by atoms with Crippen LogP contribution in [0.25, 0.3) is 0 Å². The molecular formula is C29H40O3. The van der Waals surface area contributed by atoms with Crippen LogP contribution in [-0.4, -0.2) is 28.0 Å². The molecule has 1 aromatic carbocycles. The second kappa shape index (κ2) is 9.51. The van der Waals surface area contributed by atoms with Gasteiger partial charge in [-0.15, -0.1) is 0 Å². The first-order valence-electron chi connectivity index (χ1n) is 11.8. The van der Waals surface area contributed by atoms with Crippen molar-refractivity contribution >= 4 is 0 Å². The predicted molar refractivity (Wildman–Crippen MR) is 132 cm³/mol. The summed E-state index contributed by atoms with van der Waals surface area (Å²) in [6.45, 7) is 14.8. The number of hydrogen-bond donors (Lipinski definition) is 2. The molecule has 0 aliphatic heterocycles. The van der Waals surface area contributed by atoms with Gasteiger partial charge in [-0.25, -0.2) is 0 Å². The first kappa shape index (κ1) is 24.7. The molecule has 32 heavy (non-hydrogen) atoms. The van der Waals surface area contributed by atoms with Crippen LogP contribution < -0.4 is 0 Å². The number of ether oxygens (including phenoxy) is 1. The minimum Gasteiger partial charge on any atom is -0.386 e. The van der Waals surface area contributed by atoms with Crippen LogP contribution >= 0.6 is 0 Å². The highest BCUT2D eigenvalue weighted by atomic mass is 16.5. The van der Waals surface area contributed by atoms with Crippen molar-refractivity contribution in [1.29, 1.82) is 0 Å². The quantitative estimate of drug-likeness (QED) is 0.494. The smallest absolute Gasteiger partial charge is 0.105 e. The SMILES string of the molecule is C=CC1=C(C)CC[C@@](O)([C@H](O)C2=CCC[C@H](OCc3ccccc3)[C@@]2(C)/C=C/C)C1(C)C. The summed E-state index contributed by atoms with van der Waals surface area (Å²) >= 11 is 0. The molecule has 174 valence electrons. The molecule has 0 saturated heterocycles. The van der Waals surface area contributed by atoms with Crippen LogP contribution in [0.1, 0.15) is 65.9 Å². The molecule has 2 aliphatic carbocycles. The lowest BCUT2D eigenvalue weighted by Gasteiger charge is -2.53. The minimum atomic E-state index is -1.29. The standard InChI is InChI=1S/C29H40O3/c1-7-18-28(6)24(15-12-16-25(28)32-20-22-13-10-9-11-14-22)26(30)29(31)19-17-21(3)23(8-2)27(29,4)5/h7-11,13-15,18,25-26,30-31H,2,12,16-17,19-20H2,1,3-6H3/b18-7+/t25-,26+,28-,29+/m0/s1. The lowest BCUT2D eigenvalue weighted by Crippen LogP contribution is -2.59. The minimum absolute atomic E-state index is 0.0833. The molecule has 0 unspecified atom stereocenters. The Morgan fingerprint density at radius 1 is 1.22 bits per heavy atom. The summed E-state index contributed by atoms with van der Waals surface area (Å²) in [4.78, 5) is 0. The molecule has 0 bridgehead atoms. The number of hydrogen-bond acceptors (Lipinski definition) is 3. The summed E-state index contributed by atoms with van der Waals surface area (Å²) in [5.74, 6) is 0. The first-order valence-corrected chi connectivity index (χ1v) is 11.8. The molecule has 3 rings (SSSR count). The van der Waals surface area contributed by atoms with E-state index in [1.165, 1.54) is 5.57 Å². The Hall–Kier alpha value is -1.94. The Labute approximate surface area is 194 Å². The van der Waals surface area contributed by atoms with Crippen molar-refractivity contribution < 1.29 is 14.9 Å². The van der Waals surface area contributed by atoms with E-state index >= 15 is 0 Å². The van der Waals surface area contributed by atoms with E-state index in [0.717, 1.165) is 36.0 Å². The molecule has 0 amide bonds. The Balaban J connectivity index is 1.94. The van der Waals surface area contributed by atoms with E-state index in [0.29, 0.717) is 13.0 Å². The molecule has 1 aromatic rings. The zero-order valence-corrected chi connectivity index (χ0v) is 20.4. The van der Waals surface area contributed by atoms with Crippen molar-refractivity contribution in [2.45, 2.75) is 84.7 Å². The lowest BCUT2D eigenvalue weighted by atomic mass is 9.56. The van der Waals surface area contributed by atoms with Crippen LogP contribution in [-0.2, 0) is 11.3 Å². The van der Waals surface area contributed by atoms with Gasteiger partial charge in [0.15, 0.2) is 0 Å². The molecular weight excluding hydrogens is 396 g/mol. The van der Waals surface area contributed by atoms with Gasteiger partial charge in [0.2, 0.25) is 0 Å². The van der Waals surface area contributed by atoms with Crippen LogP contribution in [0, 0.1) is 10.8 Å². The van der Waals surface area contributed by atoms with Crippen LogP contribution in [0.3, 0.4) is 0 Å². The molecule has 3 nitrogen and oxygen atoms in total. The Bertz CT molecular complexity index is 908. The largest absolute Gasteiger partial charge is 0.386 e. The molecule has 2 N–H and O–H groups in total. The van der Waals surface area contributed by atoms with Crippen molar-refractivity contribution in [1.82, 2.24) is 0 Å². The van der Waals surface area contributed by atoms with Crippen molar-refractivity contribution in [3.63, 3.8) is 0 Å². The second-order valence-electron chi connectivity index (χ2n) is 10.2. The Morgan fingerprint density at radius 2 is 1.91 bits per heavy atom. The van der Waals surface area contributed by atoms with Crippen molar-refractivity contribution in [2.75, 3.05) is 0 Å². The van der Waals surface area contributed by atoms with Gasteiger partial charge < -0.3 is 14.9 Å². The highest BCUT2D eigenvalue weighted by Crippen LogP contribution is 2.54. The Kier molecular flexibility index (Phi) is 7.34. The number of allylic oxidation sites excluding steroid dienone is 4. The first-order chi connectivity index (χ1) is 15.1. The molecule has 0 radical (unpaired) electrons. The van der Waals surface area contributed by atoms with E-state index in [9.17, 15) is 10.2 Å². The summed E-state index contributed by atoms with van der Waals surface area (Å²) < 4.78 is 6.44. The summed E-state index contributed by atoms with van der Waals surface area (Å²) in [6.07, 6.45) is 10.0. The number of aliphatic hydroxyl groups is 2. The summed E-state index contributed by atoms with van der Waals surface area (Å²) in [5.41, 5.74) is 1.86. The average Bonchev–Trinajstić information content (AvgIpc) is 2.76. The van der Waals surface area contributed by atoms with E-state index in [-0.39, 0.29) is 6.10 Å². The van der Waals surface area contributed by atoms with Crippen LogP contribution in [0.4, 0.5) is 0 Å². The zero-order chi connectivity index (χ0) is 23.6. The summed E-state index contributed by atoms with van der Waals surface area (Å²) in [5, 5.41) is 23.8. The van der Waals surface area contributed by atoms with Crippen molar-refractivity contribution in [3.05, 3.63) is 83.5 Å². The van der Waals surface area contributed by atoms with Gasteiger partial charge in [0.1, 0.15) is 11.7 Å². The zero-order valence-electron chi connectivity index (χ0n) is 20.4. The topological polar surface area (TPSA) is 49.7 Å². The van der Waals surface area contributed by atoms with Crippen LogP contribution in [0.5, 0.6) is 0 Å².